The lowest BCUT2D eigenvalue weighted by molar-refractivity contribution is 0.669. The number of hydrogen-bond acceptors (Lipinski definition) is 3. The first-order valence-corrected chi connectivity index (χ1v) is 19.9. The molecule has 1 aliphatic carbocycles. The fraction of sp³-hybridized carbons (Fsp3) is 0.0182. The maximum absolute atomic E-state index is 6.69. The molecule has 0 saturated carbocycles. The van der Waals surface area contributed by atoms with Crippen molar-refractivity contribution in [2.24, 2.45) is 0 Å². The second-order valence-corrected chi connectivity index (χ2v) is 15.1. The van der Waals surface area contributed by atoms with Gasteiger partial charge in [-0.05, 0) is 98.6 Å². The molecule has 0 atom stereocenters. The van der Waals surface area contributed by atoms with Gasteiger partial charge in [0.1, 0.15) is 22.3 Å². The van der Waals surface area contributed by atoms with Crippen LogP contribution in [-0.4, -0.2) is 0 Å². The van der Waals surface area contributed by atoms with Gasteiger partial charge < -0.3 is 13.7 Å². The smallest absolute Gasteiger partial charge is 0.143 e. The zero-order chi connectivity index (χ0) is 38.2. The third-order valence-electron chi connectivity index (χ3n) is 11.9. The molecule has 0 N–H and O–H groups in total. The van der Waals surface area contributed by atoms with Crippen LogP contribution in [0, 0.1) is 0 Å². The first kappa shape index (κ1) is 32.6. The molecule has 0 fully saturated rings. The maximum atomic E-state index is 6.69. The van der Waals surface area contributed by atoms with Crippen molar-refractivity contribution in [3.63, 3.8) is 0 Å². The zero-order valence-electron chi connectivity index (χ0n) is 31.5. The molecule has 2 heterocycles. The molecule has 0 aliphatic heterocycles. The van der Waals surface area contributed by atoms with Gasteiger partial charge in [0.2, 0.25) is 0 Å². The molecule has 0 saturated heterocycles. The summed E-state index contributed by atoms with van der Waals surface area (Å²) in [6, 6.07) is 62.8. The van der Waals surface area contributed by atoms with Crippen molar-refractivity contribution in [3.8, 4) is 11.1 Å². The lowest BCUT2D eigenvalue weighted by Gasteiger charge is -2.29. The predicted molar refractivity (Wildman–Crippen MR) is 244 cm³/mol. The van der Waals surface area contributed by atoms with Gasteiger partial charge in [0, 0.05) is 32.8 Å². The second-order valence-electron chi connectivity index (χ2n) is 15.1. The number of nitrogens with zero attached hydrogens (tertiary/aromatic N) is 1. The van der Waals surface area contributed by atoms with Crippen LogP contribution in [0.2, 0.25) is 0 Å². The zero-order valence-corrected chi connectivity index (χ0v) is 31.5. The molecule has 9 aromatic carbocycles. The molecule has 3 heteroatoms. The lowest BCUT2D eigenvalue weighted by Crippen LogP contribution is -2.16. The standard InChI is InChI=1S/C55H35NO2/c1-3-16-41-36(12-1)26-27-39-34-38(30-32-42(39)41)35-14-9-15-40(31-28-35)56(49-22-11-25-52-54(49)46-19-6-8-23-50(46)57-52)48-21-7-5-18-44(48)45-20-10-24-51-53(45)47-33-29-37-13-2-4-17-43(37)55(47)58-51/h1-8,10-34H,9H2. The molecular formula is C55H35NO2. The Hall–Kier alpha value is -7.62. The van der Waals surface area contributed by atoms with Crippen molar-refractivity contribution < 1.29 is 8.83 Å². The minimum Gasteiger partial charge on any atom is -0.456 e. The molecule has 0 radical (unpaired) electrons. The topological polar surface area (TPSA) is 29.5 Å². The van der Waals surface area contributed by atoms with Gasteiger partial charge >= 0.3 is 0 Å². The molecule has 0 unspecified atom stereocenters. The van der Waals surface area contributed by atoms with Gasteiger partial charge in [0.25, 0.3) is 0 Å². The number of benzene rings is 9. The van der Waals surface area contributed by atoms with Crippen molar-refractivity contribution >= 4 is 93.1 Å². The van der Waals surface area contributed by atoms with Gasteiger partial charge in [-0.15, -0.1) is 0 Å². The third kappa shape index (κ3) is 5.07. The predicted octanol–water partition coefficient (Wildman–Crippen LogP) is 15.7. The van der Waals surface area contributed by atoms with E-state index in [4.69, 9.17) is 8.83 Å². The van der Waals surface area contributed by atoms with Crippen LogP contribution in [0.1, 0.15) is 12.0 Å². The molecule has 2 aromatic heterocycles. The SMILES string of the molecule is C1=CC(N(c2ccccc2-c2cccc3oc4c5ccccc5ccc4c23)c2cccc3oc4ccccc4c23)=CCC=C1c1ccc2c(ccc3ccccc32)c1. The van der Waals surface area contributed by atoms with E-state index < -0.39 is 0 Å². The summed E-state index contributed by atoms with van der Waals surface area (Å²) in [7, 11) is 0. The van der Waals surface area contributed by atoms with Crippen LogP contribution in [0.15, 0.2) is 215 Å². The summed E-state index contributed by atoms with van der Waals surface area (Å²) in [4.78, 5) is 2.43. The molecule has 3 nitrogen and oxygen atoms in total. The van der Waals surface area contributed by atoms with Crippen LogP contribution in [0.5, 0.6) is 0 Å². The van der Waals surface area contributed by atoms with E-state index in [0.29, 0.717) is 0 Å². The molecule has 0 amide bonds. The molecule has 11 aromatic rings. The van der Waals surface area contributed by atoms with Gasteiger partial charge in [-0.3, -0.25) is 0 Å². The van der Waals surface area contributed by atoms with Crippen molar-refractivity contribution in [3.05, 3.63) is 211 Å². The molecule has 0 bridgehead atoms. The van der Waals surface area contributed by atoms with Crippen LogP contribution >= 0.6 is 0 Å². The van der Waals surface area contributed by atoms with E-state index in [2.05, 4.69) is 199 Å². The van der Waals surface area contributed by atoms with Crippen LogP contribution in [0.25, 0.3) is 92.9 Å². The van der Waals surface area contributed by atoms with Gasteiger partial charge in [-0.1, -0.05) is 152 Å². The van der Waals surface area contributed by atoms with Crippen molar-refractivity contribution in [2.45, 2.75) is 6.42 Å². The number of furan rings is 2. The Bertz CT molecular complexity index is 3560. The number of allylic oxidation sites excluding steroid dienone is 5. The third-order valence-corrected chi connectivity index (χ3v) is 11.9. The highest BCUT2D eigenvalue weighted by Crippen LogP contribution is 2.47. The fourth-order valence-electron chi connectivity index (χ4n) is 9.22. The summed E-state index contributed by atoms with van der Waals surface area (Å²) in [6.45, 7) is 0. The van der Waals surface area contributed by atoms with Gasteiger partial charge in [0.05, 0.1) is 16.8 Å². The Kier molecular flexibility index (Phi) is 7.29. The first-order chi connectivity index (χ1) is 28.8. The summed E-state index contributed by atoms with van der Waals surface area (Å²) in [5, 5.41) is 11.7. The van der Waals surface area contributed by atoms with Gasteiger partial charge in [-0.25, -0.2) is 0 Å². The summed E-state index contributed by atoms with van der Waals surface area (Å²) >= 11 is 0. The molecule has 12 rings (SSSR count). The highest BCUT2D eigenvalue weighted by atomic mass is 16.3. The highest BCUT2D eigenvalue weighted by Gasteiger charge is 2.24. The molecule has 0 spiro atoms. The second kappa shape index (κ2) is 13.0. The lowest BCUT2D eigenvalue weighted by atomic mass is 9.95. The Morgan fingerprint density at radius 2 is 1.03 bits per heavy atom. The average Bonchev–Trinajstić information content (AvgIpc) is 3.77. The largest absolute Gasteiger partial charge is 0.456 e. The van der Waals surface area contributed by atoms with E-state index in [9.17, 15) is 0 Å². The van der Waals surface area contributed by atoms with E-state index in [1.807, 2.05) is 6.07 Å². The van der Waals surface area contributed by atoms with E-state index in [-0.39, 0.29) is 0 Å². The number of fused-ring (bicyclic) bond motifs is 11. The Labute approximate surface area is 334 Å². The average molecular weight is 742 g/mol. The van der Waals surface area contributed by atoms with E-state index in [1.54, 1.807) is 0 Å². The van der Waals surface area contributed by atoms with Crippen LogP contribution in [-0.2, 0) is 0 Å². The minimum atomic E-state index is 0.767. The first-order valence-electron chi connectivity index (χ1n) is 19.9. The molecular weight excluding hydrogens is 707 g/mol. The summed E-state index contributed by atoms with van der Waals surface area (Å²) in [6.07, 6.45) is 10.0. The van der Waals surface area contributed by atoms with E-state index in [0.717, 1.165) is 83.9 Å². The normalized spacial score (nSPS) is 13.2. The van der Waals surface area contributed by atoms with Gasteiger partial charge in [0.15, 0.2) is 0 Å². The van der Waals surface area contributed by atoms with E-state index >= 15 is 0 Å². The summed E-state index contributed by atoms with van der Waals surface area (Å²) in [5.74, 6) is 0. The molecule has 1 aliphatic rings. The van der Waals surface area contributed by atoms with E-state index in [1.165, 1.54) is 38.1 Å². The number of hydrogen-bond donors (Lipinski definition) is 0. The number of rotatable bonds is 5. The van der Waals surface area contributed by atoms with Crippen LogP contribution in [0.4, 0.5) is 11.4 Å². The Balaban J connectivity index is 1.05. The van der Waals surface area contributed by atoms with Crippen LogP contribution < -0.4 is 4.90 Å². The Morgan fingerprint density at radius 3 is 1.95 bits per heavy atom. The minimum absolute atomic E-state index is 0.767. The monoisotopic (exact) mass is 741 g/mol. The number of para-hydroxylation sites is 2. The van der Waals surface area contributed by atoms with Crippen LogP contribution in [0.3, 0.4) is 0 Å². The highest BCUT2D eigenvalue weighted by molar-refractivity contribution is 6.20. The van der Waals surface area contributed by atoms with Crippen molar-refractivity contribution in [2.75, 3.05) is 4.90 Å². The summed E-state index contributed by atoms with van der Waals surface area (Å²) < 4.78 is 13.2. The fourth-order valence-corrected chi connectivity index (χ4v) is 9.22. The molecule has 58 heavy (non-hydrogen) atoms. The quantitative estimate of drug-likeness (QED) is 0.165. The molecule has 272 valence electrons. The van der Waals surface area contributed by atoms with Crippen molar-refractivity contribution in [1.29, 1.82) is 0 Å². The Morgan fingerprint density at radius 1 is 0.397 bits per heavy atom. The van der Waals surface area contributed by atoms with Gasteiger partial charge in [-0.2, -0.15) is 0 Å². The maximum Gasteiger partial charge on any atom is 0.143 e. The summed E-state index contributed by atoms with van der Waals surface area (Å²) in [5.41, 5.74) is 11.4. The number of anilines is 2. The van der Waals surface area contributed by atoms with Crippen molar-refractivity contribution in [1.82, 2.24) is 0 Å².